The Bertz CT molecular complexity index is 933. The largest absolute Gasteiger partial charge is 0.485 e. The fourth-order valence-corrected chi connectivity index (χ4v) is 3.15. The minimum atomic E-state index is -0.398. The van der Waals surface area contributed by atoms with Crippen molar-refractivity contribution < 1.29 is 9.13 Å². The smallest absolute Gasteiger partial charge is 0.164 e. The predicted octanol–water partition coefficient (Wildman–Crippen LogP) is 3.17. The molecule has 1 atom stereocenters. The highest BCUT2D eigenvalue weighted by Crippen LogP contribution is 2.33. The van der Waals surface area contributed by atoms with Gasteiger partial charge in [-0.05, 0) is 30.7 Å². The van der Waals surface area contributed by atoms with Gasteiger partial charge in [0.25, 0.3) is 0 Å². The summed E-state index contributed by atoms with van der Waals surface area (Å²) in [6.45, 7) is 2.09. The Morgan fingerprint density at radius 2 is 2.15 bits per heavy atom. The van der Waals surface area contributed by atoms with Crippen molar-refractivity contribution in [2.24, 2.45) is 0 Å². The van der Waals surface area contributed by atoms with E-state index in [2.05, 4.69) is 25.6 Å². The zero-order valence-corrected chi connectivity index (χ0v) is 14.6. The number of nitrogens with zero attached hydrogens (tertiary/aromatic N) is 3. The van der Waals surface area contributed by atoms with Gasteiger partial charge in [-0.25, -0.2) is 9.37 Å². The van der Waals surface area contributed by atoms with E-state index in [1.165, 1.54) is 12.3 Å². The monoisotopic (exact) mass is 373 g/mol. The zero-order valence-electron chi connectivity index (χ0n) is 13.9. The fraction of sp³-hybridized carbons (Fsp3) is 0.278. The van der Waals surface area contributed by atoms with Gasteiger partial charge in [0.15, 0.2) is 11.6 Å². The van der Waals surface area contributed by atoms with Crippen molar-refractivity contribution in [3.63, 3.8) is 0 Å². The highest BCUT2D eigenvalue weighted by atomic mass is 35.5. The second kappa shape index (κ2) is 7.39. The Kier molecular flexibility index (Phi) is 4.81. The molecule has 1 saturated heterocycles. The van der Waals surface area contributed by atoms with Crippen molar-refractivity contribution in [1.82, 2.24) is 20.3 Å². The van der Waals surface area contributed by atoms with Crippen molar-refractivity contribution in [2.75, 3.05) is 18.4 Å². The molecule has 6 nitrogen and oxygen atoms in total. The molecule has 2 aromatic heterocycles. The van der Waals surface area contributed by atoms with E-state index in [4.69, 9.17) is 16.3 Å². The van der Waals surface area contributed by atoms with Gasteiger partial charge in [-0.2, -0.15) is 0 Å². The molecule has 1 aliphatic heterocycles. The summed E-state index contributed by atoms with van der Waals surface area (Å²) in [5.74, 6) is 0.168. The van der Waals surface area contributed by atoms with Crippen LogP contribution in [0.15, 0.2) is 36.9 Å². The number of rotatable bonds is 5. The molecule has 8 heteroatoms. The lowest BCUT2D eigenvalue weighted by Gasteiger charge is -2.18. The lowest BCUT2D eigenvalue weighted by Crippen LogP contribution is -2.20. The van der Waals surface area contributed by atoms with E-state index in [9.17, 15) is 4.39 Å². The Morgan fingerprint density at radius 1 is 1.27 bits per heavy atom. The summed E-state index contributed by atoms with van der Waals surface area (Å²) in [4.78, 5) is 12.3. The van der Waals surface area contributed by atoms with Crippen LogP contribution in [0.25, 0.3) is 11.0 Å². The molecular weight excluding hydrogens is 357 g/mol. The van der Waals surface area contributed by atoms with Crippen LogP contribution >= 0.6 is 11.6 Å². The Labute approximate surface area is 154 Å². The van der Waals surface area contributed by atoms with E-state index in [1.54, 1.807) is 24.7 Å². The third-order valence-corrected chi connectivity index (χ3v) is 4.49. The summed E-state index contributed by atoms with van der Waals surface area (Å²) in [6, 6.07) is 3.25. The number of halogens is 2. The number of hydrogen-bond acceptors (Lipinski definition) is 6. The lowest BCUT2D eigenvalue weighted by molar-refractivity contribution is 0.224. The van der Waals surface area contributed by atoms with Crippen LogP contribution in [0.5, 0.6) is 5.75 Å². The standard InChI is InChI=1S/C18H17ClFN5O/c19-13-9-22-10-16(18(13)26-12-1-2-21-8-12)25-7-11-5-14(20)17-15(6-11)23-3-4-24-17/h3-6,9-10,12,21,25H,1-2,7-8H2/t12-/m1/s1. The quantitative estimate of drug-likeness (QED) is 0.715. The third kappa shape index (κ3) is 3.54. The van der Waals surface area contributed by atoms with Crippen molar-refractivity contribution in [3.05, 3.63) is 53.3 Å². The van der Waals surface area contributed by atoms with E-state index in [1.807, 2.05) is 0 Å². The second-order valence-corrected chi connectivity index (χ2v) is 6.49. The second-order valence-electron chi connectivity index (χ2n) is 6.09. The van der Waals surface area contributed by atoms with E-state index >= 15 is 0 Å². The van der Waals surface area contributed by atoms with Crippen molar-refractivity contribution >= 4 is 28.3 Å². The lowest BCUT2D eigenvalue weighted by atomic mass is 10.1. The molecule has 1 aromatic carbocycles. The van der Waals surface area contributed by atoms with Crippen molar-refractivity contribution in [3.8, 4) is 5.75 Å². The van der Waals surface area contributed by atoms with E-state index < -0.39 is 5.82 Å². The zero-order chi connectivity index (χ0) is 17.9. The number of hydrogen-bond donors (Lipinski definition) is 2. The summed E-state index contributed by atoms with van der Waals surface area (Å²) in [6.07, 6.45) is 7.22. The molecule has 2 N–H and O–H groups in total. The van der Waals surface area contributed by atoms with Gasteiger partial charge in [-0.1, -0.05) is 11.6 Å². The normalized spacial score (nSPS) is 16.8. The first-order chi connectivity index (χ1) is 12.7. The highest BCUT2D eigenvalue weighted by molar-refractivity contribution is 6.32. The van der Waals surface area contributed by atoms with Gasteiger partial charge < -0.3 is 15.4 Å². The number of nitrogens with one attached hydrogen (secondary N) is 2. The molecule has 0 saturated carbocycles. The molecular formula is C18H17ClFN5O. The molecule has 1 aliphatic rings. The molecule has 3 aromatic rings. The number of anilines is 1. The van der Waals surface area contributed by atoms with E-state index in [0.29, 0.717) is 28.5 Å². The van der Waals surface area contributed by atoms with E-state index in [-0.39, 0.29) is 11.6 Å². The van der Waals surface area contributed by atoms with Crippen LogP contribution in [-0.4, -0.2) is 34.1 Å². The van der Waals surface area contributed by atoms with Crippen LogP contribution < -0.4 is 15.4 Å². The van der Waals surface area contributed by atoms with Gasteiger partial charge >= 0.3 is 0 Å². The molecule has 0 radical (unpaired) electrons. The number of pyridine rings is 1. The topological polar surface area (TPSA) is 72.0 Å². The van der Waals surface area contributed by atoms with Crippen LogP contribution in [0.2, 0.25) is 5.02 Å². The van der Waals surface area contributed by atoms with Gasteiger partial charge in [0.05, 0.1) is 17.4 Å². The molecule has 1 fully saturated rings. The van der Waals surface area contributed by atoms with Crippen molar-refractivity contribution in [1.29, 1.82) is 0 Å². The van der Waals surface area contributed by atoms with Crippen LogP contribution in [0.3, 0.4) is 0 Å². The maximum Gasteiger partial charge on any atom is 0.164 e. The summed E-state index contributed by atoms with van der Waals surface area (Å²) >= 11 is 6.27. The van der Waals surface area contributed by atoms with Gasteiger partial charge in [0.1, 0.15) is 16.6 Å². The summed E-state index contributed by atoms with van der Waals surface area (Å²) in [7, 11) is 0. The van der Waals surface area contributed by atoms with Crippen LogP contribution in [0.4, 0.5) is 10.1 Å². The molecule has 0 aliphatic carbocycles. The molecule has 0 amide bonds. The van der Waals surface area contributed by atoms with Crippen LogP contribution in [0.1, 0.15) is 12.0 Å². The maximum absolute atomic E-state index is 14.2. The molecule has 0 bridgehead atoms. The maximum atomic E-state index is 14.2. The number of ether oxygens (including phenoxy) is 1. The van der Waals surface area contributed by atoms with E-state index in [0.717, 1.165) is 25.1 Å². The molecule has 4 rings (SSSR count). The first-order valence-electron chi connectivity index (χ1n) is 8.34. The number of fused-ring (bicyclic) bond motifs is 1. The molecule has 3 heterocycles. The fourth-order valence-electron chi connectivity index (χ4n) is 2.95. The number of aromatic nitrogens is 3. The van der Waals surface area contributed by atoms with Gasteiger partial charge in [-0.15, -0.1) is 0 Å². The van der Waals surface area contributed by atoms with Crippen molar-refractivity contribution in [2.45, 2.75) is 19.1 Å². The molecule has 0 spiro atoms. The average Bonchev–Trinajstić information content (AvgIpc) is 3.15. The Hall–Kier alpha value is -2.51. The summed E-state index contributed by atoms with van der Waals surface area (Å²) in [5.41, 5.74) is 2.19. The third-order valence-electron chi connectivity index (χ3n) is 4.22. The highest BCUT2D eigenvalue weighted by Gasteiger charge is 2.19. The minimum absolute atomic E-state index is 0.0730. The molecule has 134 valence electrons. The Morgan fingerprint density at radius 3 is 3.00 bits per heavy atom. The predicted molar refractivity (Wildman–Crippen MR) is 98.0 cm³/mol. The van der Waals surface area contributed by atoms with Gasteiger partial charge in [0, 0.05) is 31.7 Å². The average molecular weight is 374 g/mol. The first-order valence-corrected chi connectivity index (χ1v) is 8.72. The number of benzene rings is 1. The first kappa shape index (κ1) is 16.9. The summed E-state index contributed by atoms with van der Waals surface area (Å²) in [5, 5.41) is 6.93. The minimum Gasteiger partial charge on any atom is -0.485 e. The van der Waals surface area contributed by atoms with Crippen LogP contribution in [0, 0.1) is 5.82 Å². The SMILES string of the molecule is Fc1cc(CNc2cncc(Cl)c2O[C@@H]2CCNC2)cc2nccnc12. The summed E-state index contributed by atoms with van der Waals surface area (Å²) < 4.78 is 20.2. The van der Waals surface area contributed by atoms with Crippen LogP contribution in [-0.2, 0) is 6.54 Å². The Balaban J connectivity index is 1.55. The molecule has 0 unspecified atom stereocenters. The molecule has 26 heavy (non-hydrogen) atoms. The van der Waals surface area contributed by atoms with Gasteiger partial charge in [-0.3, -0.25) is 9.97 Å². The van der Waals surface area contributed by atoms with Gasteiger partial charge in [0.2, 0.25) is 0 Å².